The lowest BCUT2D eigenvalue weighted by Gasteiger charge is -2.30. The molecule has 1 atom stereocenters. The van der Waals surface area contributed by atoms with Crippen molar-refractivity contribution in [1.29, 1.82) is 0 Å². The molecule has 0 bridgehead atoms. The third kappa shape index (κ3) is 3.00. The minimum Gasteiger partial charge on any atom is -0.309 e. The van der Waals surface area contributed by atoms with Gasteiger partial charge in [-0.25, -0.2) is 0 Å². The van der Waals surface area contributed by atoms with Gasteiger partial charge < -0.3 is 10.2 Å². The van der Waals surface area contributed by atoms with Crippen molar-refractivity contribution in [3.8, 4) is 0 Å². The molecule has 1 fully saturated rings. The van der Waals surface area contributed by atoms with Crippen LogP contribution in [-0.4, -0.2) is 24.5 Å². The second-order valence-electron chi connectivity index (χ2n) is 5.98. The topological polar surface area (TPSA) is 32.3 Å². The maximum atomic E-state index is 12.7. The predicted octanol–water partition coefficient (Wildman–Crippen LogP) is 3.11. The number of benzene rings is 1. The van der Waals surface area contributed by atoms with Crippen LogP contribution in [0, 0.1) is 12.8 Å². The fourth-order valence-corrected chi connectivity index (χ4v) is 3.05. The number of carbonyl (C=O) groups is 1. The molecule has 1 heterocycles. The van der Waals surface area contributed by atoms with E-state index in [1.807, 2.05) is 37.8 Å². The van der Waals surface area contributed by atoms with E-state index in [0.29, 0.717) is 5.92 Å². The van der Waals surface area contributed by atoms with Crippen LogP contribution in [0.1, 0.15) is 26.3 Å². The number of rotatable bonds is 1. The highest BCUT2D eigenvalue weighted by Crippen LogP contribution is 2.30. The Morgan fingerprint density at radius 1 is 1.42 bits per heavy atom. The third-order valence-corrected chi connectivity index (χ3v) is 4.20. The summed E-state index contributed by atoms with van der Waals surface area (Å²) in [4.78, 5) is 14.6. The molecule has 1 aliphatic rings. The molecular weight excluding hydrogens is 304 g/mol. The van der Waals surface area contributed by atoms with Crippen molar-refractivity contribution < 1.29 is 4.79 Å². The zero-order valence-corrected chi connectivity index (χ0v) is 13.5. The molecule has 0 aliphatic carbocycles. The summed E-state index contributed by atoms with van der Waals surface area (Å²) >= 11 is 3.58. The zero-order valence-electron chi connectivity index (χ0n) is 12.0. The standard InChI is InChI=1S/C15H21BrN2O/c1-10-5-6-13(12(16)7-10)18-9-11(2)8-17-15(3,4)14(18)19/h5-7,11,17H,8-9H2,1-4H3. The smallest absolute Gasteiger partial charge is 0.246 e. The summed E-state index contributed by atoms with van der Waals surface area (Å²) in [5.41, 5.74) is 1.62. The lowest BCUT2D eigenvalue weighted by molar-refractivity contribution is -0.123. The first-order chi connectivity index (χ1) is 8.81. The Kier molecular flexibility index (Phi) is 4.02. The molecule has 0 aromatic heterocycles. The summed E-state index contributed by atoms with van der Waals surface area (Å²) in [7, 11) is 0. The highest BCUT2D eigenvalue weighted by Gasteiger charge is 2.36. The summed E-state index contributed by atoms with van der Waals surface area (Å²) in [6.07, 6.45) is 0. The fourth-order valence-electron chi connectivity index (χ4n) is 2.34. The second kappa shape index (κ2) is 5.25. The van der Waals surface area contributed by atoms with Gasteiger partial charge in [0, 0.05) is 17.6 Å². The van der Waals surface area contributed by atoms with E-state index in [1.165, 1.54) is 5.56 Å². The molecule has 0 saturated carbocycles. The molecule has 0 radical (unpaired) electrons. The highest BCUT2D eigenvalue weighted by atomic mass is 79.9. The summed E-state index contributed by atoms with van der Waals surface area (Å²) in [5, 5.41) is 3.34. The Morgan fingerprint density at radius 3 is 2.74 bits per heavy atom. The molecule has 104 valence electrons. The SMILES string of the molecule is Cc1ccc(N2CC(C)CNC(C)(C)C2=O)c(Br)c1. The van der Waals surface area contributed by atoms with Gasteiger partial charge in [0.1, 0.15) is 0 Å². The van der Waals surface area contributed by atoms with E-state index in [2.05, 4.69) is 34.2 Å². The normalized spacial score (nSPS) is 23.3. The number of nitrogens with one attached hydrogen (secondary N) is 1. The molecule has 1 aliphatic heterocycles. The van der Waals surface area contributed by atoms with E-state index < -0.39 is 5.54 Å². The maximum absolute atomic E-state index is 12.7. The van der Waals surface area contributed by atoms with Crippen molar-refractivity contribution in [3.63, 3.8) is 0 Å². The average Bonchev–Trinajstić information content (AvgIpc) is 2.42. The van der Waals surface area contributed by atoms with Crippen LogP contribution in [0.15, 0.2) is 22.7 Å². The number of anilines is 1. The molecule has 1 aromatic rings. The van der Waals surface area contributed by atoms with E-state index in [9.17, 15) is 4.79 Å². The van der Waals surface area contributed by atoms with Crippen LogP contribution in [0.3, 0.4) is 0 Å². The van der Waals surface area contributed by atoms with Gasteiger partial charge in [0.2, 0.25) is 5.91 Å². The van der Waals surface area contributed by atoms with Gasteiger partial charge in [0.05, 0.1) is 11.2 Å². The Hall–Kier alpha value is -0.870. The van der Waals surface area contributed by atoms with Gasteiger partial charge in [-0.05, 0) is 60.3 Å². The number of nitrogens with zero attached hydrogens (tertiary/aromatic N) is 1. The highest BCUT2D eigenvalue weighted by molar-refractivity contribution is 9.10. The first-order valence-corrected chi connectivity index (χ1v) is 7.43. The van der Waals surface area contributed by atoms with Gasteiger partial charge in [0.15, 0.2) is 0 Å². The Labute approximate surface area is 123 Å². The van der Waals surface area contributed by atoms with Gasteiger partial charge in [-0.2, -0.15) is 0 Å². The van der Waals surface area contributed by atoms with Crippen LogP contribution in [0.2, 0.25) is 0 Å². The van der Waals surface area contributed by atoms with E-state index in [-0.39, 0.29) is 5.91 Å². The van der Waals surface area contributed by atoms with Gasteiger partial charge >= 0.3 is 0 Å². The molecule has 19 heavy (non-hydrogen) atoms. The number of hydrogen-bond donors (Lipinski definition) is 1. The molecule has 1 aromatic carbocycles. The molecule has 1 N–H and O–H groups in total. The molecule has 0 spiro atoms. The van der Waals surface area contributed by atoms with Crippen LogP contribution in [0.4, 0.5) is 5.69 Å². The first kappa shape index (κ1) is 14.5. The van der Waals surface area contributed by atoms with Gasteiger partial charge in [-0.3, -0.25) is 4.79 Å². The monoisotopic (exact) mass is 324 g/mol. The van der Waals surface area contributed by atoms with Crippen molar-refractivity contribution >= 4 is 27.5 Å². The van der Waals surface area contributed by atoms with Crippen LogP contribution in [-0.2, 0) is 4.79 Å². The molecule has 1 unspecified atom stereocenters. The Bertz CT molecular complexity index is 499. The van der Waals surface area contributed by atoms with E-state index >= 15 is 0 Å². The van der Waals surface area contributed by atoms with Crippen LogP contribution >= 0.6 is 15.9 Å². The molecule has 2 rings (SSSR count). The summed E-state index contributed by atoms with van der Waals surface area (Å²) in [6.45, 7) is 9.71. The number of carbonyl (C=O) groups excluding carboxylic acids is 1. The van der Waals surface area contributed by atoms with Crippen LogP contribution in [0.25, 0.3) is 0 Å². The quantitative estimate of drug-likeness (QED) is 0.860. The summed E-state index contributed by atoms with van der Waals surface area (Å²) < 4.78 is 0.978. The maximum Gasteiger partial charge on any atom is 0.246 e. The van der Waals surface area contributed by atoms with Gasteiger partial charge in [-0.15, -0.1) is 0 Å². The van der Waals surface area contributed by atoms with Gasteiger partial charge in [-0.1, -0.05) is 13.0 Å². The minimum absolute atomic E-state index is 0.126. The summed E-state index contributed by atoms with van der Waals surface area (Å²) in [6, 6.07) is 6.12. The van der Waals surface area contributed by atoms with Crippen molar-refractivity contribution in [2.24, 2.45) is 5.92 Å². The van der Waals surface area contributed by atoms with E-state index in [0.717, 1.165) is 23.2 Å². The first-order valence-electron chi connectivity index (χ1n) is 6.64. The molecule has 4 heteroatoms. The largest absolute Gasteiger partial charge is 0.309 e. The van der Waals surface area contributed by atoms with Gasteiger partial charge in [0.25, 0.3) is 0 Å². The second-order valence-corrected chi connectivity index (χ2v) is 6.84. The zero-order chi connectivity index (χ0) is 14.2. The van der Waals surface area contributed by atoms with Crippen molar-refractivity contribution in [1.82, 2.24) is 5.32 Å². The lowest BCUT2D eigenvalue weighted by atomic mass is 10.0. The van der Waals surface area contributed by atoms with E-state index in [1.54, 1.807) is 0 Å². The molecule has 1 saturated heterocycles. The number of aryl methyl sites for hydroxylation is 1. The number of hydrogen-bond acceptors (Lipinski definition) is 2. The molecule has 3 nitrogen and oxygen atoms in total. The van der Waals surface area contributed by atoms with Crippen LogP contribution < -0.4 is 10.2 Å². The Morgan fingerprint density at radius 2 is 2.11 bits per heavy atom. The lowest BCUT2D eigenvalue weighted by Crippen LogP contribution is -2.51. The number of halogens is 1. The van der Waals surface area contributed by atoms with E-state index in [4.69, 9.17) is 0 Å². The third-order valence-electron chi connectivity index (χ3n) is 3.56. The predicted molar refractivity (Wildman–Crippen MR) is 82.5 cm³/mol. The average molecular weight is 325 g/mol. The van der Waals surface area contributed by atoms with Crippen molar-refractivity contribution in [2.75, 3.05) is 18.0 Å². The Balaban J connectivity index is 2.42. The van der Waals surface area contributed by atoms with Crippen LogP contribution in [0.5, 0.6) is 0 Å². The fraction of sp³-hybridized carbons (Fsp3) is 0.533. The minimum atomic E-state index is -0.519. The summed E-state index contributed by atoms with van der Waals surface area (Å²) in [5.74, 6) is 0.556. The molecular formula is C15H21BrN2O. The van der Waals surface area contributed by atoms with Crippen molar-refractivity contribution in [2.45, 2.75) is 33.2 Å². The number of amides is 1. The van der Waals surface area contributed by atoms with Crippen molar-refractivity contribution in [3.05, 3.63) is 28.2 Å². The molecule has 1 amide bonds.